The lowest BCUT2D eigenvalue weighted by Crippen LogP contribution is -2.37. The van der Waals surface area contributed by atoms with Gasteiger partial charge in [-0.1, -0.05) is 23.2 Å². The van der Waals surface area contributed by atoms with Crippen molar-refractivity contribution < 1.29 is 9.53 Å². The molecule has 8 heteroatoms. The number of halogens is 2. The Kier molecular flexibility index (Phi) is 8.02. The quantitative estimate of drug-likeness (QED) is 0.430. The number of nitrogens with one attached hydrogen (secondary N) is 2. The van der Waals surface area contributed by atoms with Crippen LogP contribution in [-0.4, -0.2) is 50.2 Å². The Morgan fingerprint density at radius 1 is 1.36 bits per heavy atom. The first-order chi connectivity index (χ1) is 12.1. The molecular formula is C17H20Cl2N4O2. The molecule has 1 heterocycles. The van der Waals surface area contributed by atoms with E-state index in [1.807, 2.05) is 6.07 Å². The number of rotatable bonds is 7. The Labute approximate surface area is 157 Å². The highest BCUT2D eigenvalue weighted by Crippen LogP contribution is 2.25. The van der Waals surface area contributed by atoms with Gasteiger partial charge in [0.25, 0.3) is 5.91 Å². The Bertz CT molecular complexity index is 667. The van der Waals surface area contributed by atoms with Gasteiger partial charge < -0.3 is 15.4 Å². The third-order valence-corrected chi connectivity index (χ3v) is 4.25. The zero-order valence-corrected chi connectivity index (χ0v) is 15.2. The van der Waals surface area contributed by atoms with Gasteiger partial charge in [-0.25, -0.2) is 0 Å². The van der Waals surface area contributed by atoms with E-state index in [1.54, 1.807) is 12.1 Å². The Morgan fingerprint density at radius 2 is 2.12 bits per heavy atom. The van der Waals surface area contributed by atoms with Crippen molar-refractivity contribution >= 4 is 34.8 Å². The van der Waals surface area contributed by atoms with Gasteiger partial charge in [-0.3, -0.25) is 9.69 Å². The van der Waals surface area contributed by atoms with Gasteiger partial charge in [-0.05, 0) is 31.2 Å². The number of hydrogen-bond donors (Lipinski definition) is 2. The van der Waals surface area contributed by atoms with Gasteiger partial charge in [0.05, 0.1) is 23.9 Å². The van der Waals surface area contributed by atoms with E-state index in [-0.39, 0.29) is 5.57 Å². The van der Waals surface area contributed by atoms with Crippen molar-refractivity contribution in [3.05, 3.63) is 40.0 Å². The summed E-state index contributed by atoms with van der Waals surface area (Å²) in [6.45, 7) is 5.07. The molecule has 1 aromatic rings. The molecule has 6 nitrogen and oxygen atoms in total. The Hall–Kier alpha value is -1.78. The highest BCUT2D eigenvalue weighted by molar-refractivity contribution is 6.35. The van der Waals surface area contributed by atoms with Crippen molar-refractivity contribution in [1.29, 1.82) is 5.26 Å². The predicted molar refractivity (Wildman–Crippen MR) is 98.7 cm³/mol. The lowest BCUT2D eigenvalue weighted by Gasteiger charge is -2.26. The number of morpholine rings is 1. The number of nitriles is 1. The Morgan fingerprint density at radius 3 is 2.84 bits per heavy atom. The third kappa shape index (κ3) is 6.56. The van der Waals surface area contributed by atoms with Crippen LogP contribution in [0.3, 0.4) is 0 Å². The smallest absolute Gasteiger partial charge is 0.267 e. The maximum absolute atomic E-state index is 12.2. The van der Waals surface area contributed by atoms with Crippen molar-refractivity contribution in [1.82, 2.24) is 10.2 Å². The first-order valence-corrected chi connectivity index (χ1v) is 8.76. The number of carbonyl (C=O) groups is 1. The summed E-state index contributed by atoms with van der Waals surface area (Å²) >= 11 is 11.9. The van der Waals surface area contributed by atoms with E-state index >= 15 is 0 Å². The van der Waals surface area contributed by atoms with E-state index in [4.69, 9.17) is 33.2 Å². The lowest BCUT2D eigenvalue weighted by atomic mass is 10.2. The summed E-state index contributed by atoms with van der Waals surface area (Å²) in [6.07, 6.45) is 2.34. The van der Waals surface area contributed by atoms with Crippen molar-refractivity contribution in [2.45, 2.75) is 6.42 Å². The average molecular weight is 383 g/mol. The standard InChI is InChI=1S/C17H20Cl2N4O2/c18-14-2-3-15(19)16(10-14)22-17(24)13(11-20)12-21-4-1-5-23-6-8-25-9-7-23/h2-3,10,12,21H,1,4-9H2,(H,22,24)/b13-12-. The number of benzene rings is 1. The minimum absolute atomic E-state index is 0.0255. The summed E-state index contributed by atoms with van der Waals surface area (Å²) < 4.78 is 5.30. The normalized spacial score (nSPS) is 15.5. The molecule has 0 saturated carbocycles. The maximum Gasteiger partial charge on any atom is 0.267 e. The van der Waals surface area contributed by atoms with Gasteiger partial charge in [0.1, 0.15) is 11.6 Å². The Balaban J connectivity index is 1.79. The minimum Gasteiger partial charge on any atom is -0.390 e. The molecule has 0 aliphatic carbocycles. The van der Waals surface area contributed by atoms with E-state index in [9.17, 15) is 4.79 Å². The van der Waals surface area contributed by atoms with Crippen LogP contribution in [0.15, 0.2) is 30.0 Å². The predicted octanol–water partition coefficient (Wildman–Crippen LogP) is 2.65. The first-order valence-electron chi connectivity index (χ1n) is 8.00. The van der Waals surface area contributed by atoms with Crippen molar-refractivity contribution in [2.24, 2.45) is 0 Å². The molecule has 1 aromatic carbocycles. The van der Waals surface area contributed by atoms with Gasteiger partial charge >= 0.3 is 0 Å². The van der Waals surface area contributed by atoms with Crippen LogP contribution in [0.5, 0.6) is 0 Å². The third-order valence-electron chi connectivity index (χ3n) is 3.69. The minimum atomic E-state index is -0.535. The summed E-state index contributed by atoms with van der Waals surface area (Å²) in [5, 5.41) is 15.6. The molecular weight excluding hydrogens is 363 g/mol. The van der Waals surface area contributed by atoms with Crippen LogP contribution in [0.2, 0.25) is 10.0 Å². The van der Waals surface area contributed by atoms with Crippen LogP contribution >= 0.6 is 23.2 Å². The molecule has 1 saturated heterocycles. The van der Waals surface area contributed by atoms with Crippen molar-refractivity contribution in [2.75, 3.05) is 44.7 Å². The average Bonchev–Trinajstić information content (AvgIpc) is 2.62. The van der Waals surface area contributed by atoms with Crippen molar-refractivity contribution in [3.8, 4) is 6.07 Å². The second-order valence-electron chi connectivity index (χ2n) is 5.51. The summed E-state index contributed by atoms with van der Waals surface area (Å²) in [5.74, 6) is -0.535. The second-order valence-corrected chi connectivity index (χ2v) is 6.35. The highest BCUT2D eigenvalue weighted by atomic mass is 35.5. The molecule has 0 radical (unpaired) electrons. The number of ether oxygens (including phenoxy) is 1. The van der Waals surface area contributed by atoms with E-state index in [1.165, 1.54) is 12.3 Å². The molecule has 0 unspecified atom stereocenters. The van der Waals surface area contributed by atoms with Crippen LogP contribution in [-0.2, 0) is 9.53 Å². The maximum atomic E-state index is 12.2. The van der Waals surface area contributed by atoms with Gasteiger partial charge in [0.15, 0.2) is 0 Å². The number of amides is 1. The molecule has 1 amide bonds. The van der Waals surface area contributed by atoms with E-state index < -0.39 is 5.91 Å². The van der Waals surface area contributed by atoms with E-state index in [0.717, 1.165) is 39.3 Å². The van der Waals surface area contributed by atoms with Gasteiger partial charge in [0.2, 0.25) is 0 Å². The fraction of sp³-hybridized carbons (Fsp3) is 0.412. The van der Waals surface area contributed by atoms with E-state index in [0.29, 0.717) is 22.3 Å². The summed E-state index contributed by atoms with van der Waals surface area (Å²) in [6, 6.07) is 6.62. The molecule has 1 aliphatic heterocycles. The molecule has 0 aromatic heterocycles. The van der Waals surface area contributed by atoms with Crippen LogP contribution in [0, 0.1) is 11.3 Å². The first kappa shape index (κ1) is 19.5. The monoisotopic (exact) mass is 382 g/mol. The number of hydrogen-bond acceptors (Lipinski definition) is 5. The topological polar surface area (TPSA) is 77.4 Å². The lowest BCUT2D eigenvalue weighted by molar-refractivity contribution is -0.112. The zero-order valence-electron chi connectivity index (χ0n) is 13.7. The van der Waals surface area contributed by atoms with Gasteiger partial charge in [-0.15, -0.1) is 0 Å². The molecule has 2 N–H and O–H groups in total. The highest BCUT2D eigenvalue weighted by Gasteiger charge is 2.12. The van der Waals surface area contributed by atoms with E-state index in [2.05, 4.69) is 15.5 Å². The largest absolute Gasteiger partial charge is 0.390 e. The van der Waals surface area contributed by atoms with Crippen LogP contribution in [0.1, 0.15) is 6.42 Å². The van der Waals surface area contributed by atoms with Gasteiger partial charge in [-0.2, -0.15) is 5.26 Å². The number of carbonyl (C=O) groups excluding carboxylic acids is 1. The van der Waals surface area contributed by atoms with Crippen LogP contribution in [0.25, 0.3) is 0 Å². The molecule has 134 valence electrons. The zero-order chi connectivity index (χ0) is 18.1. The SMILES string of the molecule is N#C/C(=C/NCCCN1CCOCC1)C(=O)Nc1cc(Cl)ccc1Cl. The van der Waals surface area contributed by atoms with Crippen LogP contribution < -0.4 is 10.6 Å². The molecule has 1 fully saturated rings. The number of anilines is 1. The summed E-state index contributed by atoms with van der Waals surface area (Å²) in [4.78, 5) is 14.5. The second kappa shape index (κ2) is 10.3. The van der Waals surface area contributed by atoms with Crippen molar-refractivity contribution in [3.63, 3.8) is 0 Å². The summed E-state index contributed by atoms with van der Waals surface area (Å²) in [5.41, 5.74) is 0.343. The number of nitrogens with zero attached hydrogens (tertiary/aromatic N) is 2. The molecule has 0 spiro atoms. The summed E-state index contributed by atoms with van der Waals surface area (Å²) in [7, 11) is 0. The van der Waals surface area contributed by atoms with Crippen LogP contribution in [0.4, 0.5) is 5.69 Å². The molecule has 1 aliphatic rings. The molecule has 0 bridgehead atoms. The molecule has 25 heavy (non-hydrogen) atoms. The fourth-order valence-corrected chi connectivity index (χ4v) is 2.67. The van der Waals surface area contributed by atoms with Gasteiger partial charge in [0, 0.05) is 30.9 Å². The molecule has 2 rings (SSSR count). The molecule has 0 atom stereocenters. The fourth-order valence-electron chi connectivity index (χ4n) is 2.34.